The summed E-state index contributed by atoms with van der Waals surface area (Å²) < 4.78 is 4.79. The largest absolute Gasteiger partial charge is 0.550 e. The van der Waals surface area contributed by atoms with E-state index >= 15 is 0 Å². The second kappa shape index (κ2) is 8.49. The van der Waals surface area contributed by atoms with E-state index in [2.05, 4.69) is 5.32 Å². The van der Waals surface area contributed by atoms with Gasteiger partial charge in [-0.1, -0.05) is 24.5 Å². The normalized spacial score (nSPS) is 20.0. The van der Waals surface area contributed by atoms with Crippen molar-refractivity contribution in [1.29, 1.82) is 0 Å². The number of carboxylic acid groups (broad SMARTS) is 1. The number of carbonyl (C=O) groups excluding carboxylic acids is 3. The van der Waals surface area contributed by atoms with E-state index in [1.54, 1.807) is 6.07 Å². The topological polar surface area (TPSA) is 95.5 Å². The number of allylic oxidation sites excluding steroid dienone is 2. The molecule has 0 aromatic carbocycles. The van der Waals surface area contributed by atoms with Crippen LogP contribution in [0.1, 0.15) is 55.3 Å². The SMILES string of the molecule is CCCc1cc(C(=O)OC)c(NC(=O)[C@@H]2CC(C)=C(C)C[C@@H]2C(=O)[O-])s1. The van der Waals surface area contributed by atoms with Crippen molar-refractivity contribution in [1.82, 2.24) is 0 Å². The highest BCUT2D eigenvalue weighted by molar-refractivity contribution is 7.16. The number of aryl methyl sites for hydroxylation is 1. The van der Waals surface area contributed by atoms with Gasteiger partial charge in [0.1, 0.15) is 5.00 Å². The maximum Gasteiger partial charge on any atom is 0.340 e. The van der Waals surface area contributed by atoms with Crippen molar-refractivity contribution in [2.45, 2.75) is 46.5 Å². The number of amides is 1. The number of aliphatic carboxylic acids is 1. The number of carbonyl (C=O) groups is 3. The zero-order valence-electron chi connectivity index (χ0n) is 15.5. The van der Waals surface area contributed by atoms with Crippen LogP contribution in [0.4, 0.5) is 5.00 Å². The quantitative estimate of drug-likeness (QED) is 0.606. The van der Waals surface area contributed by atoms with E-state index in [0.29, 0.717) is 23.4 Å². The molecular weight excluding hydrogens is 354 g/mol. The Balaban J connectivity index is 2.28. The van der Waals surface area contributed by atoms with Crippen LogP contribution in [0.25, 0.3) is 0 Å². The standard InChI is InChI=1S/C19H25NO5S/c1-5-6-12-9-15(19(24)25-4)17(26-12)20-16(21)13-7-10(2)11(3)8-14(13)18(22)23/h9,13-14H,5-8H2,1-4H3,(H,20,21)(H,22,23)/p-1/t13-,14+/m1/s1. The van der Waals surface area contributed by atoms with Gasteiger partial charge in [-0.25, -0.2) is 4.79 Å². The van der Waals surface area contributed by atoms with Gasteiger partial charge >= 0.3 is 5.97 Å². The Morgan fingerprint density at radius 2 is 1.85 bits per heavy atom. The van der Waals surface area contributed by atoms with Gasteiger partial charge in [0.05, 0.1) is 18.6 Å². The third-order valence-corrected chi connectivity index (χ3v) is 5.94. The Hall–Kier alpha value is -2.15. The van der Waals surface area contributed by atoms with Crippen molar-refractivity contribution in [3.05, 3.63) is 27.7 Å². The first-order valence-electron chi connectivity index (χ1n) is 8.66. The lowest BCUT2D eigenvalue weighted by atomic mass is 9.76. The molecule has 2 rings (SSSR count). The lowest BCUT2D eigenvalue weighted by Crippen LogP contribution is -2.42. The molecule has 1 aromatic heterocycles. The molecule has 1 aliphatic rings. The van der Waals surface area contributed by atoms with Gasteiger partial charge in [0, 0.05) is 16.8 Å². The highest BCUT2D eigenvalue weighted by atomic mass is 32.1. The first-order chi connectivity index (χ1) is 12.3. The minimum Gasteiger partial charge on any atom is -0.550 e. The van der Waals surface area contributed by atoms with Crippen molar-refractivity contribution in [2.24, 2.45) is 11.8 Å². The minimum absolute atomic E-state index is 0.304. The number of esters is 1. The van der Waals surface area contributed by atoms with Crippen LogP contribution in [0, 0.1) is 11.8 Å². The van der Waals surface area contributed by atoms with Crippen molar-refractivity contribution in [3.8, 4) is 0 Å². The van der Waals surface area contributed by atoms with Gasteiger partial charge in [0.25, 0.3) is 0 Å². The van der Waals surface area contributed by atoms with Crippen LogP contribution in [0.3, 0.4) is 0 Å². The molecule has 0 saturated heterocycles. The van der Waals surface area contributed by atoms with Crippen molar-refractivity contribution >= 4 is 34.2 Å². The van der Waals surface area contributed by atoms with Crippen LogP contribution in [-0.4, -0.2) is 25.0 Å². The van der Waals surface area contributed by atoms with Gasteiger partial charge in [0.15, 0.2) is 0 Å². The Morgan fingerprint density at radius 3 is 2.38 bits per heavy atom. The molecule has 26 heavy (non-hydrogen) atoms. The first kappa shape index (κ1) is 20.2. The number of hydrogen-bond donors (Lipinski definition) is 1. The summed E-state index contributed by atoms with van der Waals surface area (Å²) in [6.45, 7) is 5.82. The summed E-state index contributed by atoms with van der Waals surface area (Å²) >= 11 is 1.32. The monoisotopic (exact) mass is 378 g/mol. The number of thiophene rings is 1. The third-order valence-electron chi connectivity index (χ3n) is 4.83. The summed E-state index contributed by atoms with van der Waals surface area (Å²) in [5, 5.41) is 14.7. The molecule has 1 aliphatic carbocycles. The molecule has 0 saturated carbocycles. The van der Waals surface area contributed by atoms with E-state index in [4.69, 9.17) is 4.74 Å². The number of carboxylic acids is 1. The summed E-state index contributed by atoms with van der Waals surface area (Å²) in [5.74, 6) is -3.73. The van der Waals surface area contributed by atoms with Crippen molar-refractivity contribution < 1.29 is 24.2 Å². The zero-order valence-corrected chi connectivity index (χ0v) is 16.3. The Labute approximate surface area is 157 Å². The highest BCUT2D eigenvalue weighted by Gasteiger charge is 2.34. The predicted octanol–water partition coefficient (Wildman–Crippen LogP) is 2.54. The molecule has 0 fully saturated rings. The Kier molecular flexibility index (Phi) is 6.58. The lowest BCUT2D eigenvalue weighted by Gasteiger charge is -2.32. The summed E-state index contributed by atoms with van der Waals surface area (Å²) in [7, 11) is 1.29. The molecule has 2 atom stereocenters. The number of ether oxygens (including phenoxy) is 1. The first-order valence-corrected chi connectivity index (χ1v) is 9.48. The average molecular weight is 378 g/mol. The molecule has 0 radical (unpaired) electrons. The maximum absolute atomic E-state index is 12.8. The Morgan fingerprint density at radius 1 is 1.23 bits per heavy atom. The molecule has 142 valence electrons. The van der Waals surface area contributed by atoms with Crippen LogP contribution < -0.4 is 10.4 Å². The van der Waals surface area contributed by atoms with Gasteiger partial charge in [0.2, 0.25) is 5.91 Å². The van der Waals surface area contributed by atoms with E-state index < -0.39 is 29.7 Å². The van der Waals surface area contributed by atoms with Gasteiger partial charge < -0.3 is 20.0 Å². The third kappa shape index (κ3) is 4.33. The fourth-order valence-electron chi connectivity index (χ4n) is 3.19. The molecule has 6 nitrogen and oxygen atoms in total. The molecule has 7 heteroatoms. The van der Waals surface area contributed by atoms with E-state index in [1.807, 2.05) is 20.8 Å². The molecule has 0 aliphatic heterocycles. The molecular formula is C19H24NO5S-. The van der Waals surface area contributed by atoms with E-state index in [9.17, 15) is 19.5 Å². The van der Waals surface area contributed by atoms with Gasteiger partial charge in [-0.15, -0.1) is 11.3 Å². The van der Waals surface area contributed by atoms with Crippen LogP contribution in [0.15, 0.2) is 17.2 Å². The second-order valence-corrected chi connectivity index (χ2v) is 7.82. The Bertz CT molecular complexity index is 749. The average Bonchev–Trinajstić information content (AvgIpc) is 2.98. The predicted molar refractivity (Wildman–Crippen MR) is 97.9 cm³/mol. The van der Waals surface area contributed by atoms with Gasteiger partial charge in [-0.05, 0) is 39.2 Å². The van der Waals surface area contributed by atoms with E-state index in [-0.39, 0.29) is 0 Å². The van der Waals surface area contributed by atoms with Crippen LogP contribution in [-0.2, 0) is 20.7 Å². The smallest absolute Gasteiger partial charge is 0.340 e. The molecule has 0 unspecified atom stereocenters. The molecule has 1 aromatic rings. The molecule has 1 heterocycles. The van der Waals surface area contributed by atoms with Crippen LogP contribution in [0.2, 0.25) is 0 Å². The highest BCUT2D eigenvalue weighted by Crippen LogP contribution is 2.36. The number of rotatable bonds is 6. The van der Waals surface area contributed by atoms with E-state index in [1.165, 1.54) is 18.4 Å². The maximum atomic E-state index is 12.8. The molecule has 1 N–H and O–H groups in total. The second-order valence-electron chi connectivity index (χ2n) is 6.69. The fourth-order valence-corrected chi connectivity index (χ4v) is 4.34. The number of methoxy groups -OCH3 is 1. The minimum atomic E-state index is -1.22. The van der Waals surface area contributed by atoms with Crippen LogP contribution >= 0.6 is 11.3 Å². The molecule has 0 spiro atoms. The number of nitrogens with one attached hydrogen (secondary N) is 1. The lowest BCUT2D eigenvalue weighted by molar-refractivity contribution is -0.313. The van der Waals surface area contributed by atoms with Crippen LogP contribution in [0.5, 0.6) is 0 Å². The summed E-state index contributed by atoms with van der Waals surface area (Å²) in [5.41, 5.74) is 2.31. The zero-order chi connectivity index (χ0) is 19.4. The summed E-state index contributed by atoms with van der Waals surface area (Å²) in [6.07, 6.45) is 2.38. The van der Waals surface area contributed by atoms with Crippen molar-refractivity contribution in [2.75, 3.05) is 12.4 Å². The van der Waals surface area contributed by atoms with Gasteiger partial charge in [-0.2, -0.15) is 0 Å². The van der Waals surface area contributed by atoms with Crippen molar-refractivity contribution in [3.63, 3.8) is 0 Å². The summed E-state index contributed by atoms with van der Waals surface area (Å²) in [4.78, 5) is 37.3. The van der Waals surface area contributed by atoms with Gasteiger partial charge in [-0.3, -0.25) is 4.79 Å². The van der Waals surface area contributed by atoms with E-state index in [0.717, 1.165) is 28.9 Å². The molecule has 1 amide bonds. The summed E-state index contributed by atoms with van der Waals surface area (Å²) in [6, 6.07) is 1.72. The molecule has 0 bridgehead atoms. The number of hydrogen-bond acceptors (Lipinski definition) is 6. The number of anilines is 1. The fraction of sp³-hybridized carbons (Fsp3) is 0.526.